The number of aliphatic hydroxyl groups excluding tert-OH is 2. The first-order valence-electron chi connectivity index (χ1n) is 14.2. The van der Waals surface area contributed by atoms with Gasteiger partial charge in [-0.15, -0.1) is 0 Å². The van der Waals surface area contributed by atoms with Crippen LogP contribution in [0, 0.1) is 0 Å². The Bertz CT molecular complexity index is 1070. The molecule has 2 heterocycles. The highest BCUT2D eigenvalue weighted by atomic mass is 28.4. The van der Waals surface area contributed by atoms with Crippen LogP contribution in [0.3, 0.4) is 0 Å². The van der Waals surface area contributed by atoms with Gasteiger partial charge in [0.2, 0.25) is 0 Å². The van der Waals surface area contributed by atoms with E-state index >= 15 is 0 Å². The molecule has 0 radical (unpaired) electrons. The maximum Gasteiger partial charge on any atom is 0.261 e. The largest absolute Gasteiger partial charge is 0.405 e. The second kappa shape index (κ2) is 12.2. The molecular weight excluding hydrogens is 524 g/mol. The summed E-state index contributed by atoms with van der Waals surface area (Å²) in [6, 6.07) is 20.9. The van der Waals surface area contributed by atoms with Gasteiger partial charge in [-0.25, -0.2) is 0 Å². The highest BCUT2D eigenvalue weighted by Crippen LogP contribution is 2.38. The number of ether oxygens (including phenoxy) is 4. The Hall–Kier alpha value is -1.88. The summed E-state index contributed by atoms with van der Waals surface area (Å²) in [5, 5.41) is 23.9. The Morgan fingerprint density at radius 3 is 1.98 bits per heavy atom. The summed E-state index contributed by atoms with van der Waals surface area (Å²) in [5.74, 6) is -1.58. The minimum absolute atomic E-state index is 0.185. The average Bonchev–Trinajstić information content (AvgIpc) is 3.42. The van der Waals surface area contributed by atoms with E-state index < -0.39 is 50.4 Å². The maximum absolute atomic E-state index is 11.2. The molecule has 0 unspecified atom stereocenters. The van der Waals surface area contributed by atoms with Crippen LogP contribution in [0.25, 0.3) is 0 Å². The van der Waals surface area contributed by atoms with Gasteiger partial charge in [0.1, 0.15) is 24.4 Å². The minimum Gasteiger partial charge on any atom is -0.405 e. The van der Waals surface area contributed by atoms with Crippen LogP contribution in [0.2, 0.25) is 5.04 Å². The predicted molar refractivity (Wildman–Crippen MR) is 158 cm³/mol. The van der Waals surface area contributed by atoms with E-state index in [-0.39, 0.29) is 11.6 Å². The van der Waals surface area contributed by atoms with Crippen molar-refractivity contribution in [3.8, 4) is 0 Å². The van der Waals surface area contributed by atoms with Crippen LogP contribution in [0.1, 0.15) is 54.9 Å². The van der Waals surface area contributed by atoms with E-state index in [2.05, 4.69) is 69.3 Å². The van der Waals surface area contributed by atoms with Crippen LogP contribution in [0.15, 0.2) is 72.8 Å². The van der Waals surface area contributed by atoms with Gasteiger partial charge in [-0.1, -0.05) is 93.6 Å². The molecule has 0 aromatic heterocycles. The molecule has 0 spiro atoms. The normalized spacial score (nSPS) is 26.3. The fraction of sp³-hybridized carbons (Fsp3) is 0.562. The number of aliphatic hydroxyl groups is 2. The third kappa shape index (κ3) is 6.94. The smallest absolute Gasteiger partial charge is 0.261 e. The predicted octanol–water partition coefficient (Wildman–Crippen LogP) is 3.90. The summed E-state index contributed by atoms with van der Waals surface area (Å²) in [6.45, 7) is 14.6. The van der Waals surface area contributed by atoms with E-state index in [1.807, 2.05) is 39.8 Å². The molecule has 220 valence electrons. The zero-order valence-electron chi connectivity index (χ0n) is 24.9. The molecule has 0 aliphatic carbocycles. The quantitative estimate of drug-likeness (QED) is 0.331. The molecule has 0 bridgehead atoms. The van der Waals surface area contributed by atoms with Gasteiger partial charge in [-0.05, 0) is 49.5 Å². The zero-order chi connectivity index (χ0) is 29.2. The summed E-state index contributed by atoms with van der Waals surface area (Å²) in [7, 11) is -2.79. The first kappa shape index (κ1) is 31.1. The van der Waals surface area contributed by atoms with E-state index in [4.69, 9.17) is 23.4 Å². The molecule has 0 amide bonds. The van der Waals surface area contributed by atoms with Gasteiger partial charge >= 0.3 is 0 Å². The van der Waals surface area contributed by atoms with Gasteiger partial charge in [0.15, 0.2) is 11.6 Å². The van der Waals surface area contributed by atoms with Gasteiger partial charge in [-0.2, -0.15) is 0 Å². The molecular formula is C32H46O7Si. The van der Waals surface area contributed by atoms with Crippen molar-refractivity contribution in [2.24, 2.45) is 0 Å². The van der Waals surface area contributed by atoms with Crippen molar-refractivity contribution >= 4 is 18.7 Å². The van der Waals surface area contributed by atoms with Crippen molar-refractivity contribution in [3.05, 3.63) is 72.8 Å². The van der Waals surface area contributed by atoms with Crippen molar-refractivity contribution in [2.45, 2.75) is 102 Å². The fourth-order valence-corrected chi connectivity index (χ4v) is 10.3. The molecule has 2 aromatic carbocycles. The highest BCUT2D eigenvalue weighted by molar-refractivity contribution is 6.99. The Morgan fingerprint density at radius 1 is 0.900 bits per heavy atom. The minimum atomic E-state index is -2.79. The van der Waals surface area contributed by atoms with Crippen LogP contribution in [0.5, 0.6) is 0 Å². The molecule has 7 nitrogen and oxygen atoms in total. The highest BCUT2D eigenvalue weighted by Gasteiger charge is 2.52. The van der Waals surface area contributed by atoms with E-state index in [0.29, 0.717) is 13.0 Å². The van der Waals surface area contributed by atoms with E-state index in [0.717, 1.165) is 0 Å². The second-order valence-corrected chi connectivity index (χ2v) is 17.0. The molecule has 4 rings (SSSR count). The topological polar surface area (TPSA) is 86.6 Å². The van der Waals surface area contributed by atoms with Gasteiger partial charge in [-0.3, -0.25) is 0 Å². The first-order chi connectivity index (χ1) is 18.7. The van der Waals surface area contributed by atoms with E-state index in [9.17, 15) is 10.2 Å². The van der Waals surface area contributed by atoms with Gasteiger partial charge in [0.05, 0.1) is 19.3 Å². The Morgan fingerprint density at radius 2 is 1.48 bits per heavy atom. The average molecular weight is 571 g/mol. The van der Waals surface area contributed by atoms with Crippen LogP contribution < -0.4 is 10.4 Å². The fourth-order valence-electron chi connectivity index (χ4n) is 5.77. The monoisotopic (exact) mass is 570 g/mol. The summed E-state index contributed by atoms with van der Waals surface area (Å²) < 4.78 is 30.9. The lowest BCUT2D eigenvalue weighted by molar-refractivity contribution is -0.154. The third-order valence-corrected chi connectivity index (χ3v) is 12.6. The Kier molecular flexibility index (Phi) is 9.44. The van der Waals surface area contributed by atoms with Gasteiger partial charge < -0.3 is 33.6 Å². The SMILES string of the molecule is CC1(C)O[C@H]([C@H](O)/C=C/C[C@H](O)[C@H]2COC(C)(C)O2)[C@@H](CO[Si](c2ccccc2)(c2ccccc2)C(C)(C)C)O1. The number of benzene rings is 2. The molecule has 2 N–H and O–H groups in total. The molecule has 2 aromatic rings. The maximum atomic E-state index is 11.2. The number of rotatable bonds is 10. The third-order valence-electron chi connectivity index (χ3n) is 7.61. The van der Waals surface area contributed by atoms with Crippen molar-refractivity contribution in [3.63, 3.8) is 0 Å². The molecule has 2 aliphatic heterocycles. The molecule has 8 heteroatoms. The lowest BCUT2D eigenvalue weighted by atomic mass is 10.1. The number of hydrogen-bond acceptors (Lipinski definition) is 7. The molecule has 40 heavy (non-hydrogen) atoms. The summed E-state index contributed by atoms with van der Waals surface area (Å²) in [5.41, 5.74) is 0. The van der Waals surface area contributed by atoms with Crippen LogP contribution in [-0.2, 0) is 23.4 Å². The molecule has 2 fully saturated rings. The lowest BCUT2D eigenvalue weighted by Gasteiger charge is -2.43. The van der Waals surface area contributed by atoms with Crippen molar-refractivity contribution < 1.29 is 33.6 Å². The lowest BCUT2D eigenvalue weighted by Crippen LogP contribution is -2.67. The Labute approximate surface area is 240 Å². The number of hydrogen-bond donors (Lipinski definition) is 2. The standard InChI is InChI=1S/C32H46O7Si/c1-30(2,3)40(23-15-10-8-11-16-23,24-17-12-9-13-18-24)36-22-28-29(39-32(6,7)38-28)26(34)20-14-19-25(33)27-21-35-31(4,5)37-27/h8-18,20,25-29,33-34H,19,21-22H2,1-7H3/b20-14+/t25-,26+,27+,28+,29+/m0/s1. The van der Waals surface area contributed by atoms with Crippen LogP contribution in [0.4, 0.5) is 0 Å². The van der Waals surface area contributed by atoms with Gasteiger partial charge in [0, 0.05) is 0 Å². The Balaban J connectivity index is 1.52. The van der Waals surface area contributed by atoms with Crippen molar-refractivity contribution in [1.82, 2.24) is 0 Å². The first-order valence-corrected chi connectivity index (χ1v) is 16.1. The summed E-state index contributed by atoms with van der Waals surface area (Å²) in [6.07, 6.45) is 0.528. The summed E-state index contributed by atoms with van der Waals surface area (Å²) in [4.78, 5) is 0. The van der Waals surface area contributed by atoms with Gasteiger partial charge in [0.25, 0.3) is 8.32 Å². The molecule has 0 saturated carbocycles. The molecule has 5 atom stereocenters. The molecule has 2 saturated heterocycles. The molecule has 2 aliphatic rings. The zero-order valence-corrected chi connectivity index (χ0v) is 25.9. The van der Waals surface area contributed by atoms with E-state index in [1.165, 1.54) is 10.4 Å². The van der Waals surface area contributed by atoms with Crippen molar-refractivity contribution in [2.75, 3.05) is 13.2 Å². The second-order valence-electron chi connectivity index (χ2n) is 12.7. The summed E-state index contributed by atoms with van der Waals surface area (Å²) >= 11 is 0. The van der Waals surface area contributed by atoms with Crippen LogP contribution in [-0.4, -0.2) is 73.8 Å². The van der Waals surface area contributed by atoms with Crippen molar-refractivity contribution in [1.29, 1.82) is 0 Å². The van der Waals surface area contributed by atoms with Crippen LogP contribution >= 0.6 is 0 Å². The van der Waals surface area contributed by atoms with E-state index in [1.54, 1.807) is 12.2 Å².